The molecule has 1 saturated heterocycles. The van der Waals surface area contributed by atoms with Crippen LogP contribution in [0.2, 0.25) is 0 Å². The molecule has 3 rings (SSSR count). The average Bonchev–Trinajstić information content (AvgIpc) is 2.97. The maximum atomic E-state index is 12.1. The van der Waals surface area contributed by atoms with Gasteiger partial charge in [0.25, 0.3) is 5.91 Å². The molecule has 1 atom stereocenters. The van der Waals surface area contributed by atoms with Crippen molar-refractivity contribution in [1.82, 2.24) is 4.90 Å². The van der Waals surface area contributed by atoms with Gasteiger partial charge >= 0.3 is 6.36 Å². The van der Waals surface area contributed by atoms with E-state index in [0.717, 1.165) is 12.1 Å². The van der Waals surface area contributed by atoms with Crippen molar-refractivity contribution in [2.45, 2.75) is 18.0 Å². The molecule has 0 aliphatic carbocycles. The average molecular weight is 403 g/mol. The van der Waals surface area contributed by atoms with E-state index < -0.39 is 17.5 Å². The molecule has 7 nitrogen and oxygen atoms in total. The number of ether oxygens (including phenoxy) is 2. The van der Waals surface area contributed by atoms with Crippen LogP contribution in [0.15, 0.2) is 29.3 Å². The number of amides is 2. The third-order valence-electron chi connectivity index (χ3n) is 3.75. The van der Waals surface area contributed by atoms with Gasteiger partial charge in [-0.1, -0.05) is 11.8 Å². The molecule has 0 spiro atoms. The second kappa shape index (κ2) is 8.17. The van der Waals surface area contributed by atoms with Crippen LogP contribution in [0, 0.1) is 0 Å². The van der Waals surface area contributed by atoms with E-state index in [2.05, 4.69) is 15.0 Å². The molecule has 0 bridgehead atoms. The molecule has 27 heavy (non-hydrogen) atoms. The van der Waals surface area contributed by atoms with Gasteiger partial charge in [-0.25, -0.2) is 0 Å². The van der Waals surface area contributed by atoms with Crippen molar-refractivity contribution in [3.8, 4) is 5.75 Å². The molecule has 1 fully saturated rings. The summed E-state index contributed by atoms with van der Waals surface area (Å²) in [4.78, 5) is 30.1. The Labute approximate surface area is 156 Å². The highest BCUT2D eigenvalue weighted by molar-refractivity contribution is 8.15. The topological polar surface area (TPSA) is 80.2 Å². The van der Waals surface area contributed by atoms with E-state index in [1.165, 1.54) is 23.9 Å². The summed E-state index contributed by atoms with van der Waals surface area (Å²) in [6.45, 7) is 2.41. The normalized spacial score (nSPS) is 20.4. The molecule has 0 aromatic heterocycles. The van der Waals surface area contributed by atoms with Gasteiger partial charge < -0.3 is 19.7 Å². The van der Waals surface area contributed by atoms with Gasteiger partial charge in [-0.2, -0.15) is 4.99 Å². The molecule has 0 radical (unpaired) electrons. The van der Waals surface area contributed by atoms with Gasteiger partial charge in [0, 0.05) is 25.2 Å². The van der Waals surface area contributed by atoms with Crippen molar-refractivity contribution in [1.29, 1.82) is 0 Å². The summed E-state index contributed by atoms with van der Waals surface area (Å²) < 4.78 is 45.4. The first kappa shape index (κ1) is 19.5. The van der Waals surface area contributed by atoms with Crippen LogP contribution >= 0.6 is 11.8 Å². The SMILES string of the molecule is O=C(CC1SC(N2CCOCC2)=NC1=O)Nc1ccc(OC(F)(F)F)cc1. The van der Waals surface area contributed by atoms with E-state index in [4.69, 9.17) is 4.74 Å². The monoisotopic (exact) mass is 403 g/mol. The van der Waals surface area contributed by atoms with E-state index in [0.29, 0.717) is 37.2 Å². The van der Waals surface area contributed by atoms with Crippen LogP contribution in [0.1, 0.15) is 6.42 Å². The molecule has 2 aliphatic heterocycles. The Morgan fingerprint density at radius 2 is 1.96 bits per heavy atom. The van der Waals surface area contributed by atoms with Crippen LogP contribution in [0.3, 0.4) is 0 Å². The number of benzene rings is 1. The van der Waals surface area contributed by atoms with Crippen molar-refractivity contribution in [2.24, 2.45) is 4.99 Å². The number of halogens is 3. The maximum absolute atomic E-state index is 12.1. The first-order valence-electron chi connectivity index (χ1n) is 8.08. The number of carbonyl (C=O) groups excluding carboxylic acids is 2. The van der Waals surface area contributed by atoms with Crippen LogP contribution in [0.5, 0.6) is 5.75 Å². The van der Waals surface area contributed by atoms with Crippen molar-refractivity contribution >= 4 is 34.4 Å². The first-order chi connectivity index (χ1) is 12.8. The van der Waals surface area contributed by atoms with Gasteiger partial charge in [0.15, 0.2) is 5.17 Å². The van der Waals surface area contributed by atoms with E-state index in [1.807, 2.05) is 4.90 Å². The predicted molar refractivity (Wildman–Crippen MR) is 92.6 cm³/mol. The molecule has 1 aromatic rings. The summed E-state index contributed by atoms with van der Waals surface area (Å²) in [7, 11) is 0. The number of alkyl halides is 3. The predicted octanol–water partition coefficient (Wildman–Crippen LogP) is 2.24. The Bertz CT molecular complexity index is 733. The van der Waals surface area contributed by atoms with Crippen molar-refractivity contribution in [3.05, 3.63) is 24.3 Å². The molecule has 11 heteroatoms. The summed E-state index contributed by atoms with van der Waals surface area (Å²) in [5.74, 6) is -1.18. The quantitative estimate of drug-likeness (QED) is 0.831. The Hall–Kier alpha value is -2.27. The Morgan fingerprint density at radius 3 is 2.59 bits per heavy atom. The molecule has 2 heterocycles. The number of morpholine rings is 1. The number of thioether (sulfide) groups is 1. The van der Waals surface area contributed by atoms with E-state index in [-0.39, 0.29) is 18.1 Å². The highest BCUT2D eigenvalue weighted by atomic mass is 32.2. The fraction of sp³-hybridized carbons (Fsp3) is 0.438. The maximum Gasteiger partial charge on any atom is 0.573 e. The Morgan fingerprint density at radius 1 is 1.30 bits per heavy atom. The highest BCUT2D eigenvalue weighted by Gasteiger charge is 2.33. The summed E-state index contributed by atoms with van der Waals surface area (Å²) >= 11 is 1.24. The lowest BCUT2D eigenvalue weighted by Gasteiger charge is -2.27. The molecular formula is C16H16F3N3O4S. The molecule has 0 saturated carbocycles. The van der Waals surface area contributed by atoms with Gasteiger partial charge in [-0.05, 0) is 24.3 Å². The lowest BCUT2D eigenvalue weighted by Crippen LogP contribution is -2.39. The highest BCUT2D eigenvalue weighted by Crippen LogP contribution is 2.28. The number of carbonyl (C=O) groups is 2. The third-order valence-corrected chi connectivity index (χ3v) is 4.97. The fourth-order valence-corrected chi connectivity index (χ4v) is 3.64. The van der Waals surface area contributed by atoms with E-state index in [1.54, 1.807) is 0 Å². The minimum atomic E-state index is -4.77. The van der Waals surface area contributed by atoms with Crippen molar-refractivity contribution < 1.29 is 32.2 Å². The van der Waals surface area contributed by atoms with Crippen molar-refractivity contribution in [3.63, 3.8) is 0 Å². The summed E-state index contributed by atoms with van der Waals surface area (Å²) in [5.41, 5.74) is 0.305. The molecule has 1 unspecified atom stereocenters. The smallest absolute Gasteiger partial charge is 0.406 e. The van der Waals surface area contributed by atoms with Gasteiger partial charge in [0.05, 0.1) is 13.2 Å². The Kier molecular flexibility index (Phi) is 5.90. The van der Waals surface area contributed by atoms with E-state index in [9.17, 15) is 22.8 Å². The zero-order valence-corrected chi connectivity index (χ0v) is 14.8. The lowest BCUT2D eigenvalue weighted by molar-refractivity contribution is -0.274. The van der Waals surface area contributed by atoms with Crippen LogP contribution in [-0.4, -0.2) is 59.8 Å². The van der Waals surface area contributed by atoms with Crippen molar-refractivity contribution in [2.75, 3.05) is 31.6 Å². The number of hydrogen-bond acceptors (Lipinski definition) is 6. The zero-order chi connectivity index (χ0) is 19.4. The first-order valence-corrected chi connectivity index (χ1v) is 8.96. The second-order valence-electron chi connectivity index (χ2n) is 5.76. The van der Waals surface area contributed by atoms with Gasteiger partial charge in [-0.3, -0.25) is 9.59 Å². The molecule has 146 valence electrons. The Balaban J connectivity index is 1.50. The number of amidine groups is 1. The van der Waals surface area contributed by atoms with E-state index >= 15 is 0 Å². The number of nitrogens with one attached hydrogen (secondary N) is 1. The number of aliphatic imine (C=N–C) groups is 1. The standard InChI is InChI=1S/C16H16F3N3O4S/c17-16(18,19)26-11-3-1-10(2-4-11)20-13(23)9-12-14(24)21-15(27-12)22-5-7-25-8-6-22/h1-4,12H,5-9H2,(H,20,23). The minimum absolute atomic E-state index is 0.0817. The van der Waals surface area contributed by atoms with Gasteiger partial charge in [0.1, 0.15) is 11.0 Å². The summed E-state index contributed by atoms with van der Waals surface area (Å²) in [5, 5.41) is 2.53. The molecular weight excluding hydrogens is 387 g/mol. The van der Waals surface area contributed by atoms with Crippen LogP contribution in [0.4, 0.5) is 18.9 Å². The summed E-state index contributed by atoms with van der Waals surface area (Å²) in [6.07, 6.45) is -4.86. The molecule has 2 aliphatic rings. The van der Waals surface area contributed by atoms with Crippen LogP contribution < -0.4 is 10.1 Å². The zero-order valence-electron chi connectivity index (χ0n) is 14.0. The van der Waals surface area contributed by atoms with Gasteiger partial charge in [-0.15, -0.1) is 13.2 Å². The molecule has 1 aromatic carbocycles. The van der Waals surface area contributed by atoms with Gasteiger partial charge in [0.2, 0.25) is 5.91 Å². The number of rotatable bonds is 4. The largest absolute Gasteiger partial charge is 0.573 e. The number of anilines is 1. The summed E-state index contributed by atoms with van der Waals surface area (Å²) in [6, 6.07) is 4.77. The third kappa shape index (κ3) is 5.60. The fourth-order valence-electron chi connectivity index (χ4n) is 2.52. The lowest BCUT2D eigenvalue weighted by atomic mass is 10.2. The number of hydrogen-bond donors (Lipinski definition) is 1. The second-order valence-corrected chi connectivity index (χ2v) is 6.93. The minimum Gasteiger partial charge on any atom is -0.406 e. The van der Waals surface area contributed by atoms with Crippen LogP contribution in [0.25, 0.3) is 0 Å². The molecule has 1 N–H and O–H groups in total. The molecule has 2 amide bonds. The van der Waals surface area contributed by atoms with Crippen LogP contribution in [-0.2, 0) is 14.3 Å². The number of nitrogens with zero attached hydrogens (tertiary/aromatic N) is 2.